The van der Waals surface area contributed by atoms with Crippen molar-refractivity contribution in [3.05, 3.63) is 70.7 Å². The van der Waals surface area contributed by atoms with E-state index in [-0.39, 0.29) is 42.5 Å². The lowest BCUT2D eigenvalue weighted by Gasteiger charge is -2.25. The van der Waals surface area contributed by atoms with Crippen LogP contribution in [0.2, 0.25) is 5.02 Å². The number of rotatable bonds is 8. The zero-order valence-corrected chi connectivity index (χ0v) is 17.7. The van der Waals surface area contributed by atoms with Gasteiger partial charge in [0.25, 0.3) is 0 Å². The molecule has 0 radical (unpaired) electrons. The smallest absolute Gasteiger partial charge is 0.225 e. The maximum atomic E-state index is 12.4. The van der Waals surface area contributed by atoms with E-state index in [0.29, 0.717) is 24.7 Å². The fourth-order valence-corrected chi connectivity index (χ4v) is 3.70. The molecule has 0 saturated carbocycles. The highest BCUT2D eigenvalue weighted by Crippen LogP contribution is 2.28. The van der Waals surface area contributed by atoms with Crippen LogP contribution in [0.5, 0.6) is 0 Å². The quantitative estimate of drug-likeness (QED) is 0.636. The Kier molecular flexibility index (Phi) is 7.46. The molecule has 3 rings (SSSR count). The third-order valence-corrected chi connectivity index (χ3v) is 5.56. The minimum atomic E-state index is -0.367. The Labute approximate surface area is 181 Å². The molecule has 2 aromatic rings. The number of carbonyl (C=O) groups excluding carboxylic acids is 3. The highest BCUT2D eigenvalue weighted by molar-refractivity contribution is 6.30. The SMILES string of the molecule is CC(c1ccccc1)N1CC(C(=O)NCCNC(=O)Cc2ccc(Cl)cc2)CC1=O. The molecule has 158 valence electrons. The summed E-state index contributed by atoms with van der Waals surface area (Å²) < 4.78 is 0. The van der Waals surface area contributed by atoms with E-state index in [1.165, 1.54) is 0 Å². The topological polar surface area (TPSA) is 78.5 Å². The number of amides is 3. The van der Waals surface area contributed by atoms with Crippen molar-refractivity contribution < 1.29 is 14.4 Å². The van der Waals surface area contributed by atoms with Gasteiger partial charge >= 0.3 is 0 Å². The average Bonchev–Trinajstić information content (AvgIpc) is 3.14. The number of hydrogen-bond acceptors (Lipinski definition) is 3. The van der Waals surface area contributed by atoms with Crippen LogP contribution in [0.1, 0.15) is 30.5 Å². The van der Waals surface area contributed by atoms with Gasteiger partial charge in [-0.1, -0.05) is 54.1 Å². The lowest BCUT2D eigenvalue weighted by atomic mass is 10.1. The molecule has 0 spiro atoms. The van der Waals surface area contributed by atoms with E-state index >= 15 is 0 Å². The Bertz CT molecular complexity index is 886. The largest absolute Gasteiger partial charge is 0.354 e. The van der Waals surface area contributed by atoms with Crippen molar-refractivity contribution in [2.24, 2.45) is 5.92 Å². The predicted octanol–water partition coefficient (Wildman–Crippen LogP) is 2.72. The molecule has 0 aliphatic carbocycles. The monoisotopic (exact) mass is 427 g/mol. The van der Waals surface area contributed by atoms with Crippen LogP contribution in [0, 0.1) is 5.92 Å². The van der Waals surface area contributed by atoms with Gasteiger partial charge in [0.2, 0.25) is 17.7 Å². The second-order valence-electron chi connectivity index (χ2n) is 7.48. The molecule has 1 fully saturated rings. The molecule has 2 atom stereocenters. The normalized spacial score (nSPS) is 16.9. The lowest BCUT2D eigenvalue weighted by molar-refractivity contribution is -0.130. The number of nitrogens with one attached hydrogen (secondary N) is 2. The Morgan fingerprint density at radius 3 is 2.43 bits per heavy atom. The maximum Gasteiger partial charge on any atom is 0.225 e. The van der Waals surface area contributed by atoms with Crippen molar-refractivity contribution in [3.63, 3.8) is 0 Å². The van der Waals surface area contributed by atoms with Gasteiger partial charge in [0.1, 0.15) is 0 Å². The van der Waals surface area contributed by atoms with Gasteiger partial charge < -0.3 is 15.5 Å². The first-order chi connectivity index (χ1) is 14.4. The highest BCUT2D eigenvalue weighted by Gasteiger charge is 2.36. The molecule has 1 saturated heterocycles. The molecule has 2 aromatic carbocycles. The molecular weight excluding hydrogens is 402 g/mol. The zero-order chi connectivity index (χ0) is 21.5. The Balaban J connectivity index is 1.39. The molecule has 0 aromatic heterocycles. The second kappa shape index (κ2) is 10.3. The molecule has 2 N–H and O–H groups in total. The molecule has 1 aliphatic rings. The summed E-state index contributed by atoms with van der Waals surface area (Å²) in [5, 5.41) is 6.23. The number of nitrogens with zero attached hydrogens (tertiary/aromatic N) is 1. The van der Waals surface area contributed by atoms with Crippen molar-refractivity contribution >= 4 is 29.3 Å². The number of halogens is 1. The first-order valence-corrected chi connectivity index (χ1v) is 10.4. The minimum absolute atomic E-state index is 0.0113. The summed E-state index contributed by atoms with van der Waals surface area (Å²) in [6.45, 7) is 3.04. The van der Waals surface area contributed by atoms with E-state index in [9.17, 15) is 14.4 Å². The van der Waals surface area contributed by atoms with Crippen LogP contribution in [0.3, 0.4) is 0 Å². The summed E-state index contributed by atoms with van der Waals surface area (Å²) in [5.41, 5.74) is 1.92. The van der Waals surface area contributed by atoms with Crippen LogP contribution in [0.25, 0.3) is 0 Å². The molecule has 6 nitrogen and oxygen atoms in total. The summed E-state index contributed by atoms with van der Waals surface area (Å²) >= 11 is 5.84. The van der Waals surface area contributed by atoms with Gasteiger partial charge in [-0.25, -0.2) is 0 Å². The number of carbonyl (C=O) groups is 3. The molecule has 7 heteroatoms. The summed E-state index contributed by atoms with van der Waals surface area (Å²) in [5.74, 6) is -0.653. The minimum Gasteiger partial charge on any atom is -0.354 e. The van der Waals surface area contributed by atoms with Gasteiger partial charge in [-0.3, -0.25) is 14.4 Å². The van der Waals surface area contributed by atoms with Crippen LogP contribution < -0.4 is 10.6 Å². The van der Waals surface area contributed by atoms with Crippen LogP contribution in [0.4, 0.5) is 0 Å². The van der Waals surface area contributed by atoms with Crippen molar-refractivity contribution in [2.45, 2.75) is 25.8 Å². The standard InChI is InChI=1S/C23H26ClN3O3/c1-16(18-5-3-2-4-6-18)27-15-19(14-22(27)29)23(30)26-12-11-25-21(28)13-17-7-9-20(24)10-8-17/h2-10,16,19H,11-15H2,1H3,(H,25,28)(H,26,30). The summed E-state index contributed by atoms with van der Waals surface area (Å²) in [6, 6.07) is 16.8. The highest BCUT2D eigenvalue weighted by atomic mass is 35.5. The Morgan fingerprint density at radius 1 is 1.07 bits per heavy atom. The molecule has 2 unspecified atom stereocenters. The van der Waals surface area contributed by atoms with E-state index in [0.717, 1.165) is 11.1 Å². The summed E-state index contributed by atoms with van der Waals surface area (Å²) in [4.78, 5) is 38.6. The van der Waals surface area contributed by atoms with E-state index in [1.54, 1.807) is 17.0 Å². The van der Waals surface area contributed by atoms with Gasteiger partial charge in [-0.15, -0.1) is 0 Å². The van der Waals surface area contributed by atoms with Crippen molar-refractivity contribution in [1.82, 2.24) is 15.5 Å². The lowest BCUT2D eigenvalue weighted by Crippen LogP contribution is -2.39. The van der Waals surface area contributed by atoms with E-state index in [2.05, 4.69) is 10.6 Å². The molecule has 1 aliphatic heterocycles. The van der Waals surface area contributed by atoms with E-state index in [4.69, 9.17) is 11.6 Å². The first kappa shape index (κ1) is 21.8. The number of hydrogen-bond donors (Lipinski definition) is 2. The van der Waals surface area contributed by atoms with Gasteiger partial charge in [0, 0.05) is 31.1 Å². The second-order valence-corrected chi connectivity index (χ2v) is 7.91. The molecule has 3 amide bonds. The molecule has 0 bridgehead atoms. The first-order valence-electron chi connectivity index (χ1n) is 10.1. The van der Waals surface area contributed by atoms with Gasteiger partial charge in [-0.05, 0) is 30.2 Å². The number of benzene rings is 2. The van der Waals surface area contributed by atoms with Crippen molar-refractivity contribution in [2.75, 3.05) is 19.6 Å². The molecule has 1 heterocycles. The van der Waals surface area contributed by atoms with Gasteiger partial charge in [-0.2, -0.15) is 0 Å². The Morgan fingerprint density at radius 2 is 1.73 bits per heavy atom. The van der Waals surface area contributed by atoms with Crippen LogP contribution >= 0.6 is 11.6 Å². The number of likely N-dealkylation sites (tertiary alicyclic amines) is 1. The van der Waals surface area contributed by atoms with Crippen LogP contribution in [-0.2, 0) is 20.8 Å². The summed E-state index contributed by atoms with van der Waals surface area (Å²) in [6.07, 6.45) is 0.473. The third kappa shape index (κ3) is 5.83. The van der Waals surface area contributed by atoms with Crippen molar-refractivity contribution in [1.29, 1.82) is 0 Å². The van der Waals surface area contributed by atoms with E-state index in [1.807, 2.05) is 49.4 Å². The van der Waals surface area contributed by atoms with Crippen LogP contribution in [0.15, 0.2) is 54.6 Å². The van der Waals surface area contributed by atoms with Crippen LogP contribution in [-0.4, -0.2) is 42.3 Å². The zero-order valence-electron chi connectivity index (χ0n) is 16.9. The predicted molar refractivity (Wildman–Crippen MR) is 116 cm³/mol. The van der Waals surface area contributed by atoms with Gasteiger partial charge in [0.15, 0.2) is 0 Å². The fraction of sp³-hybridized carbons (Fsp3) is 0.348. The maximum absolute atomic E-state index is 12.4. The molecular formula is C23H26ClN3O3. The molecule has 30 heavy (non-hydrogen) atoms. The van der Waals surface area contributed by atoms with E-state index < -0.39 is 0 Å². The fourth-order valence-electron chi connectivity index (χ4n) is 3.58. The summed E-state index contributed by atoms with van der Waals surface area (Å²) in [7, 11) is 0. The average molecular weight is 428 g/mol. The van der Waals surface area contributed by atoms with Crippen molar-refractivity contribution in [3.8, 4) is 0 Å². The third-order valence-electron chi connectivity index (χ3n) is 5.30. The Hall–Kier alpha value is -2.86. The van der Waals surface area contributed by atoms with Gasteiger partial charge in [0.05, 0.1) is 18.4 Å².